The van der Waals surface area contributed by atoms with Gasteiger partial charge in [0, 0.05) is 37.1 Å². The van der Waals surface area contributed by atoms with Gasteiger partial charge in [0.1, 0.15) is 0 Å². The van der Waals surface area contributed by atoms with Crippen LogP contribution in [0.2, 0.25) is 0 Å². The quantitative estimate of drug-likeness (QED) is 0.794. The fourth-order valence-electron chi connectivity index (χ4n) is 2.54. The zero-order chi connectivity index (χ0) is 12.4. The van der Waals surface area contributed by atoms with Crippen molar-refractivity contribution in [2.45, 2.75) is 19.9 Å². The number of anilines is 2. The van der Waals surface area contributed by atoms with Gasteiger partial charge < -0.3 is 10.6 Å². The molecular formula is C14H23N3. The average molecular weight is 233 g/mol. The molecule has 2 N–H and O–H groups in total. The first-order chi connectivity index (χ1) is 8.08. The Balaban J connectivity index is 2.10. The van der Waals surface area contributed by atoms with Gasteiger partial charge in [0.2, 0.25) is 0 Å². The second-order valence-electron chi connectivity index (χ2n) is 5.33. The SMILES string of the molecule is CC(C)[C@H]1CN(c2ccc(N)cc2)CCN1C. The number of rotatable bonds is 2. The molecule has 1 heterocycles. The van der Waals surface area contributed by atoms with Crippen molar-refractivity contribution in [1.29, 1.82) is 0 Å². The Morgan fingerprint density at radius 1 is 1.18 bits per heavy atom. The third-order valence-electron chi connectivity index (χ3n) is 3.72. The van der Waals surface area contributed by atoms with Crippen LogP contribution in [-0.4, -0.2) is 37.6 Å². The fourth-order valence-corrected chi connectivity index (χ4v) is 2.54. The molecule has 94 valence electrons. The monoisotopic (exact) mass is 233 g/mol. The van der Waals surface area contributed by atoms with Crippen molar-refractivity contribution >= 4 is 11.4 Å². The summed E-state index contributed by atoms with van der Waals surface area (Å²) in [5.74, 6) is 0.691. The number of piperazine rings is 1. The molecule has 1 fully saturated rings. The first-order valence-corrected chi connectivity index (χ1v) is 6.38. The Morgan fingerprint density at radius 2 is 1.82 bits per heavy atom. The summed E-state index contributed by atoms with van der Waals surface area (Å²) in [6.07, 6.45) is 0. The standard InChI is InChI=1S/C14H23N3/c1-11(2)14-10-17(9-8-16(14)3)13-6-4-12(15)5-7-13/h4-7,11,14H,8-10,15H2,1-3H3/t14-/m1/s1. The van der Waals surface area contributed by atoms with Gasteiger partial charge in [-0.1, -0.05) is 13.8 Å². The minimum atomic E-state index is 0.640. The van der Waals surface area contributed by atoms with Crippen molar-refractivity contribution in [3.63, 3.8) is 0 Å². The first kappa shape index (κ1) is 12.2. The summed E-state index contributed by atoms with van der Waals surface area (Å²) in [4.78, 5) is 4.93. The molecule has 0 aliphatic carbocycles. The number of likely N-dealkylation sites (N-methyl/N-ethyl adjacent to an activating group) is 1. The van der Waals surface area contributed by atoms with Crippen LogP contribution in [0.3, 0.4) is 0 Å². The number of nitrogen functional groups attached to an aromatic ring is 1. The predicted octanol–water partition coefficient (Wildman–Crippen LogP) is 2.05. The van der Waals surface area contributed by atoms with Crippen LogP contribution in [0.25, 0.3) is 0 Å². The third kappa shape index (κ3) is 2.72. The molecule has 0 aromatic heterocycles. The van der Waals surface area contributed by atoms with Crippen molar-refractivity contribution in [2.75, 3.05) is 37.3 Å². The van der Waals surface area contributed by atoms with Gasteiger partial charge in [-0.15, -0.1) is 0 Å². The van der Waals surface area contributed by atoms with Crippen molar-refractivity contribution < 1.29 is 0 Å². The summed E-state index contributed by atoms with van der Waals surface area (Å²) < 4.78 is 0. The van der Waals surface area contributed by atoms with E-state index in [1.165, 1.54) is 5.69 Å². The minimum Gasteiger partial charge on any atom is -0.399 e. The van der Waals surface area contributed by atoms with Crippen LogP contribution in [0.5, 0.6) is 0 Å². The molecule has 3 nitrogen and oxygen atoms in total. The van der Waals surface area contributed by atoms with Crippen LogP contribution < -0.4 is 10.6 Å². The maximum absolute atomic E-state index is 5.73. The second-order valence-corrected chi connectivity index (χ2v) is 5.33. The van der Waals surface area contributed by atoms with Crippen LogP contribution in [0.4, 0.5) is 11.4 Å². The molecule has 0 saturated carbocycles. The van der Waals surface area contributed by atoms with E-state index in [2.05, 4.69) is 42.8 Å². The topological polar surface area (TPSA) is 32.5 Å². The Kier molecular flexibility index (Phi) is 3.57. The van der Waals surface area contributed by atoms with Crippen molar-refractivity contribution in [1.82, 2.24) is 4.90 Å². The van der Waals surface area contributed by atoms with Crippen LogP contribution in [-0.2, 0) is 0 Å². The highest BCUT2D eigenvalue weighted by molar-refractivity contribution is 5.53. The van der Waals surface area contributed by atoms with E-state index < -0.39 is 0 Å². The van der Waals surface area contributed by atoms with E-state index in [0.29, 0.717) is 12.0 Å². The van der Waals surface area contributed by atoms with E-state index in [4.69, 9.17) is 5.73 Å². The zero-order valence-electron chi connectivity index (χ0n) is 11.1. The summed E-state index contributed by atoms with van der Waals surface area (Å²) in [5, 5.41) is 0. The van der Waals surface area contributed by atoms with Crippen LogP contribution in [0.15, 0.2) is 24.3 Å². The summed E-state index contributed by atoms with van der Waals surface area (Å²) in [6, 6.07) is 8.85. The number of hydrogen-bond donors (Lipinski definition) is 1. The van der Waals surface area contributed by atoms with E-state index in [-0.39, 0.29) is 0 Å². The van der Waals surface area contributed by atoms with E-state index in [1.54, 1.807) is 0 Å². The van der Waals surface area contributed by atoms with Crippen molar-refractivity contribution in [3.8, 4) is 0 Å². The van der Waals surface area contributed by atoms with Crippen LogP contribution >= 0.6 is 0 Å². The molecule has 17 heavy (non-hydrogen) atoms. The Morgan fingerprint density at radius 3 is 2.41 bits per heavy atom. The molecule has 2 rings (SSSR count). The largest absolute Gasteiger partial charge is 0.399 e. The molecule has 1 aliphatic rings. The lowest BCUT2D eigenvalue weighted by molar-refractivity contribution is 0.173. The van der Waals surface area contributed by atoms with E-state index in [1.807, 2.05) is 12.1 Å². The van der Waals surface area contributed by atoms with Gasteiger partial charge >= 0.3 is 0 Å². The van der Waals surface area contributed by atoms with Gasteiger partial charge in [-0.25, -0.2) is 0 Å². The van der Waals surface area contributed by atoms with E-state index >= 15 is 0 Å². The minimum absolute atomic E-state index is 0.640. The van der Waals surface area contributed by atoms with Gasteiger partial charge in [-0.2, -0.15) is 0 Å². The number of benzene rings is 1. The van der Waals surface area contributed by atoms with Gasteiger partial charge in [0.05, 0.1) is 0 Å². The van der Waals surface area contributed by atoms with Crippen molar-refractivity contribution in [2.24, 2.45) is 5.92 Å². The van der Waals surface area contributed by atoms with E-state index in [0.717, 1.165) is 25.3 Å². The highest BCUT2D eigenvalue weighted by Gasteiger charge is 2.26. The molecule has 1 aliphatic heterocycles. The Hall–Kier alpha value is -1.22. The van der Waals surface area contributed by atoms with Gasteiger partial charge in [0.15, 0.2) is 0 Å². The molecule has 0 radical (unpaired) electrons. The molecule has 3 heteroatoms. The van der Waals surface area contributed by atoms with Gasteiger partial charge in [-0.3, -0.25) is 4.90 Å². The lowest BCUT2D eigenvalue weighted by Crippen LogP contribution is -2.53. The van der Waals surface area contributed by atoms with Crippen molar-refractivity contribution in [3.05, 3.63) is 24.3 Å². The van der Waals surface area contributed by atoms with Crippen LogP contribution in [0.1, 0.15) is 13.8 Å². The molecular weight excluding hydrogens is 210 g/mol. The smallest absolute Gasteiger partial charge is 0.0368 e. The Labute approximate surface area is 104 Å². The average Bonchev–Trinajstić information content (AvgIpc) is 2.30. The predicted molar refractivity (Wildman–Crippen MR) is 74.3 cm³/mol. The summed E-state index contributed by atoms with van der Waals surface area (Å²) in [7, 11) is 2.23. The van der Waals surface area contributed by atoms with E-state index in [9.17, 15) is 0 Å². The van der Waals surface area contributed by atoms with Gasteiger partial charge in [0.25, 0.3) is 0 Å². The third-order valence-corrected chi connectivity index (χ3v) is 3.72. The zero-order valence-corrected chi connectivity index (χ0v) is 11.1. The highest BCUT2D eigenvalue weighted by atomic mass is 15.3. The molecule has 1 atom stereocenters. The summed E-state index contributed by atoms with van der Waals surface area (Å²) >= 11 is 0. The number of hydrogen-bond acceptors (Lipinski definition) is 3. The molecule has 0 amide bonds. The Bertz CT molecular complexity index is 358. The molecule has 0 bridgehead atoms. The molecule has 0 spiro atoms. The first-order valence-electron chi connectivity index (χ1n) is 6.38. The number of nitrogens with two attached hydrogens (primary N) is 1. The maximum Gasteiger partial charge on any atom is 0.0368 e. The van der Waals surface area contributed by atoms with Gasteiger partial charge in [-0.05, 0) is 37.2 Å². The summed E-state index contributed by atoms with van der Waals surface area (Å²) in [6.45, 7) is 7.94. The summed E-state index contributed by atoms with van der Waals surface area (Å²) in [5.41, 5.74) is 7.85. The maximum atomic E-state index is 5.73. The number of nitrogens with zero attached hydrogens (tertiary/aromatic N) is 2. The second kappa shape index (κ2) is 4.96. The lowest BCUT2D eigenvalue weighted by atomic mass is 10.00. The molecule has 1 saturated heterocycles. The molecule has 1 aromatic rings. The highest BCUT2D eigenvalue weighted by Crippen LogP contribution is 2.22. The molecule has 0 unspecified atom stereocenters. The van der Waals surface area contributed by atoms with Crippen LogP contribution in [0, 0.1) is 5.92 Å². The fraction of sp³-hybridized carbons (Fsp3) is 0.571. The normalized spacial score (nSPS) is 22.1. The molecule has 1 aromatic carbocycles. The lowest BCUT2D eigenvalue weighted by Gasteiger charge is -2.42.